The smallest absolute Gasteiger partial charge is 0.253 e. The Labute approximate surface area is 188 Å². The lowest BCUT2D eigenvalue weighted by Gasteiger charge is -2.17. The zero-order valence-electron chi connectivity index (χ0n) is 18.7. The fraction of sp³-hybridized carbons (Fsp3) is 0.269. The van der Waals surface area contributed by atoms with Crippen LogP contribution in [0.25, 0.3) is 11.0 Å². The molecule has 4 aromatic rings. The fourth-order valence-corrected chi connectivity index (χ4v) is 3.72. The van der Waals surface area contributed by atoms with Crippen LogP contribution in [0.2, 0.25) is 0 Å². The van der Waals surface area contributed by atoms with Crippen molar-refractivity contribution in [2.24, 2.45) is 0 Å². The third-order valence-corrected chi connectivity index (χ3v) is 5.62. The first-order valence-corrected chi connectivity index (χ1v) is 10.9. The van der Waals surface area contributed by atoms with Crippen molar-refractivity contribution < 1.29 is 9.53 Å². The predicted molar refractivity (Wildman–Crippen MR) is 126 cm³/mol. The van der Waals surface area contributed by atoms with E-state index in [1.165, 1.54) is 11.1 Å². The molecule has 164 valence electrons. The Morgan fingerprint density at radius 1 is 1.09 bits per heavy atom. The van der Waals surface area contributed by atoms with Crippen molar-refractivity contribution in [3.8, 4) is 5.75 Å². The molecule has 1 N–H and O–H groups in total. The number of carbonyl (C=O) groups is 1. The molecule has 6 nitrogen and oxygen atoms in total. The molecule has 4 rings (SSSR count). The summed E-state index contributed by atoms with van der Waals surface area (Å²) in [6.45, 7) is 7.49. The summed E-state index contributed by atoms with van der Waals surface area (Å²) < 4.78 is 8.14. The highest BCUT2D eigenvalue weighted by Crippen LogP contribution is 2.22. The number of hydrogen-bond donors (Lipinski definition) is 1. The summed E-state index contributed by atoms with van der Waals surface area (Å²) in [5.74, 6) is 1.55. The van der Waals surface area contributed by atoms with E-state index < -0.39 is 0 Å². The van der Waals surface area contributed by atoms with E-state index >= 15 is 0 Å². The Morgan fingerprint density at radius 3 is 2.72 bits per heavy atom. The van der Waals surface area contributed by atoms with E-state index in [1.807, 2.05) is 31.2 Å². The molecule has 2 aromatic carbocycles. The highest BCUT2D eigenvalue weighted by atomic mass is 16.5. The first-order valence-electron chi connectivity index (χ1n) is 10.9. The number of imidazole rings is 1. The van der Waals surface area contributed by atoms with Crippen molar-refractivity contribution in [1.82, 2.24) is 19.9 Å². The van der Waals surface area contributed by atoms with Crippen LogP contribution in [0, 0.1) is 13.8 Å². The second kappa shape index (κ2) is 9.64. The summed E-state index contributed by atoms with van der Waals surface area (Å²) >= 11 is 0. The Kier molecular flexibility index (Phi) is 6.50. The molecule has 0 aliphatic rings. The number of amides is 1. The van der Waals surface area contributed by atoms with E-state index in [4.69, 9.17) is 9.72 Å². The molecule has 2 heterocycles. The number of ether oxygens (including phenoxy) is 1. The van der Waals surface area contributed by atoms with Gasteiger partial charge in [0, 0.05) is 18.9 Å². The number of hydrogen-bond acceptors (Lipinski definition) is 4. The second-order valence-electron chi connectivity index (χ2n) is 8.00. The van der Waals surface area contributed by atoms with Crippen LogP contribution in [0.3, 0.4) is 0 Å². The Balaban J connectivity index is 1.47. The van der Waals surface area contributed by atoms with Crippen molar-refractivity contribution in [1.29, 1.82) is 0 Å². The van der Waals surface area contributed by atoms with E-state index in [9.17, 15) is 4.79 Å². The van der Waals surface area contributed by atoms with Gasteiger partial charge in [-0.25, -0.2) is 4.98 Å². The first kappa shape index (κ1) is 21.6. The van der Waals surface area contributed by atoms with Gasteiger partial charge in [-0.05, 0) is 74.7 Å². The maximum atomic E-state index is 12.6. The summed E-state index contributed by atoms with van der Waals surface area (Å²) in [5, 5.41) is 3.05. The van der Waals surface area contributed by atoms with Crippen LogP contribution in [-0.4, -0.2) is 27.0 Å². The number of aromatic nitrogens is 3. The molecule has 2 aromatic heterocycles. The molecule has 0 bridgehead atoms. The number of nitrogens with one attached hydrogen (secondary N) is 1. The van der Waals surface area contributed by atoms with Gasteiger partial charge in [0.05, 0.1) is 29.2 Å². The summed E-state index contributed by atoms with van der Waals surface area (Å²) in [4.78, 5) is 21.5. The van der Waals surface area contributed by atoms with E-state index in [2.05, 4.69) is 46.9 Å². The maximum absolute atomic E-state index is 12.6. The molecule has 1 atom stereocenters. The van der Waals surface area contributed by atoms with Crippen molar-refractivity contribution in [3.05, 3.63) is 89.5 Å². The third-order valence-electron chi connectivity index (χ3n) is 5.62. The zero-order valence-corrected chi connectivity index (χ0v) is 18.7. The summed E-state index contributed by atoms with van der Waals surface area (Å²) in [7, 11) is 0. The van der Waals surface area contributed by atoms with E-state index in [0.717, 1.165) is 35.6 Å². The van der Waals surface area contributed by atoms with Crippen molar-refractivity contribution in [2.45, 2.75) is 39.8 Å². The third kappa shape index (κ3) is 4.80. The molecule has 6 heteroatoms. The number of nitrogens with zero attached hydrogens (tertiary/aromatic N) is 3. The number of aryl methyl sites for hydroxylation is 3. The highest BCUT2D eigenvalue weighted by Gasteiger charge is 2.19. The predicted octanol–water partition coefficient (Wildman–Crippen LogP) is 5.01. The van der Waals surface area contributed by atoms with Gasteiger partial charge in [-0.2, -0.15) is 0 Å². The van der Waals surface area contributed by atoms with Crippen LogP contribution in [0.15, 0.2) is 67.0 Å². The van der Waals surface area contributed by atoms with Crippen LogP contribution in [0.1, 0.15) is 46.7 Å². The van der Waals surface area contributed by atoms with E-state index in [1.54, 1.807) is 24.5 Å². The Bertz CT molecular complexity index is 1220. The lowest BCUT2D eigenvalue weighted by Crippen LogP contribution is -2.29. The Hall–Kier alpha value is -3.67. The minimum absolute atomic E-state index is 0.165. The number of rotatable bonds is 8. The number of para-hydroxylation sites is 2. The van der Waals surface area contributed by atoms with Crippen LogP contribution >= 0.6 is 0 Å². The van der Waals surface area contributed by atoms with Crippen molar-refractivity contribution >= 4 is 16.9 Å². The van der Waals surface area contributed by atoms with Crippen molar-refractivity contribution in [2.75, 3.05) is 6.61 Å². The molecule has 32 heavy (non-hydrogen) atoms. The van der Waals surface area contributed by atoms with Gasteiger partial charge in [0.15, 0.2) is 0 Å². The molecular formula is C26H28N4O2. The molecule has 0 aliphatic heterocycles. The van der Waals surface area contributed by atoms with Crippen LogP contribution in [-0.2, 0) is 6.54 Å². The van der Waals surface area contributed by atoms with Gasteiger partial charge in [0.2, 0.25) is 0 Å². The molecule has 0 fully saturated rings. The molecule has 0 aliphatic carbocycles. The van der Waals surface area contributed by atoms with Gasteiger partial charge in [0.25, 0.3) is 5.91 Å². The normalized spacial score (nSPS) is 12.0. The summed E-state index contributed by atoms with van der Waals surface area (Å²) in [5.41, 5.74) is 4.98. The van der Waals surface area contributed by atoms with Crippen LogP contribution in [0.4, 0.5) is 0 Å². The van der Waals surface area contributed by atoms with Gasteiger partial charge < -0.3 is 14.6 Å². The van der Waals surface area contributed by atoms with Crippen LogP contribution < -0.4 is 10.1 Å². The van der Waals surface area contributed by atoms with Gasteiger partial charge >= 0.3 is 0 Å². The van der Waals surface area contributed by atoms with Gasteiger partial charge in [-0.3, -0.25) is 9.78 Å². The standard InChI is InChI=1S/C26H28N4O2/c1-18-11-12-22(16-19(18)2)32-15-7-14-30-24-10-5-4-9-23(24)29-25(30)20(3)28-26(31)21-8-6-13-27-17-21/h4-6,8-13,16-17,20H,7,14-15H2,1-3H3,(H,28,31). The number of carbonyl (C=O) groups excluding carboxylic acids is 1. The molecule has 0 saturated heterocycles. The van der Waals surface area contributed by atoms with E-state index in [0.29, 0.717) is 12.2 Å². The summed E-state index contributed by atoms with van der Waals surface area (Å²) in [6.07, 6.45) is 4.04. The van der Waals surface area contributed by atoms with Gasteiger partial charge in [-0.1, -0.05) is 18.2 Å². The summed E-state index contributed by atoms with van der Waals surface area (Å²) in [6, 6.07) is 17.5. The number of benzene rings is 2. The van der Waals surface area contributed by atoms with Crippen LogP contribution in [0.5, 0.6) is 5.75 Å². The molecular weight excluding hydrogens is 400 g/mol. The quantitative estimate of drug-likeness (QED) is 0.401. The monoisotopic (exact) mass is 428 g/mol. The number of pyridine rings is 1. The minimum Gasteiger partial charge on any atom is -0.494 e. The lowest BCUT2D eigenvalue weighted by molar-refractivity contribution is 0.0937. The highest BCUT2D eigenvalue weighted by molar-refractivity contribution is 5.94. The SMILES string of the molecule is Cc1ccc(OCCCn2c(C(C)NC(=O)c3cccnc3)nc3ccccc32)cc1C. The van der Waals surface area contributed by atoms with Gasteiger partial charge in [0.1, 0.15) is 11.6 Å². The average Bonchev–Trinajstić information content (AvgIpc) is 3.18. The Morgan fingerprint density at radius 2 is 1.94 bits per heavy atom. The molecule has 1 unspecified atom stereocenters. The topological polar surface area (TPSA) is 69.0 Å². The van der Waals surface area contributed by atoms with E-state index in [-0.39, 0.29) is 11.9 Å². The minimum atomic E-state index is -0.254. The molecule has 1 amide bonds. The van der Waals surface area contributed by atoms with Gasteiger partial charge in [-0.15, -0.1) is 0 Å². The first-order chi connectivity index (χ1) is 15.5. The molecule has 0 spiro atoms. The van der Waals surface area contributed by atoms with Crippen molar-refractivity contribution in [3.63, 3.8) is 0 Å². The number of fused-ring (bicyclic) bond motifs is 1. The lowest BCUT2D eigenvalue weighted by atomic mass is 10.1. The second-order valence-corrected chi connectivity index (χ2v) is 8.00. The molecule has 0 radical (unpaired) electrons. The largest absolute Gasteiger partial charge is 0.494 e. The fourth-order valence-electron chi connectivity index (χ4n) is 3.72. The average molecular weight is 429 g/mol. The molecule has 0 saturated carbocycles. The maximum Gasteiger partial charge on any atom is 0.253 e. The zero-order chi connectivity index (χ0) is 22.5.